The Hall–Kier alpha value is -3.66. The van der Waals surface area contributed by atoms with Gasteiger partial charge in [-0.25, -0.2) is 0 Å². The summed E-state index contributed by atoms with van der Waals surface area (Å²) < 4.78 is 2.24. The highest BCUT2D eigenvalue weighted by Gasteiger charge is 2.30. The molecule has 7 nitrogen and oxygen atoms in total. The topological polar surface area (TPSA) is 92.2 Å². The smallest absolute Gasteiger partial charge is 0.273 e. The van der Waals surface area contributed by atoms with Crippen molar-refractivity contribution in [1.29, 1.82) is 5.26 Å². The maximum absolute atomic E-state index is 13.0. The van der Waals surface area contributed by atoms with Gasteiger partial charge in [-0.1, -0.05) is 24.3 Å². The Bertz CT molecular complexity index is 1210. The molecule has 0 N–H and O–H groups in total. The van der Waals surface area contributed by atoms with Crippen molar-refractivity contribution in [3.8, 4) is 6.07 Å². The van der Waals surface area contributed by atoms with E-state index in [1.165, 1.54) is 11.8 Å². The summed E-state index contributed by atoms with van der Waals surface area (Å²) in [5, 5.41) is 21.6. The number of benzene rings is 2. The van der Waals surface area contributed by atoms with E-state index in [2.05, 4.69) is 23.6 Å². The van der Waals surface area contributed by atoms with E-state index in [9.17, 15) is 20.2 Å². The van der Waals surface area contributed by atoms with Crippen LogP contribution in [0.4, 0.5) is 5.69 Å². The summed E-state index contributed by atoms with van der Waals surface area (Å²) in [4.78, 5) is 25.8. The molecule has 1 aliphatic rings. The highest BCUT2D eigenvalue weighted by Crippen LogP contribution is 2.27. The Morgan fingerprint density at radius 1 is 1.25 bits per heavy atom. The summed E-state index contributed by atoms with van der Waals surface area (Å²) in [6.45, 7) is 3.62. The summed E-state index contributed by atoms with van der Waals surface area (Å²) in [5.41, 5.74) is 3.39. The van der Waals surface area contributed by atoms with E-state index in [1.54, 1.807) is 18.2 Å². The molecule has 7 heteroatoms. The highest BCUT2D eigenvalue weighted by molar-refractivity contribution is 5.83. The average molecular weight is 431 g/mol. The van der Waals surface area contributed by atoms with Gasteiger partial charge in [-0.15, -0.1) is 0 Å². The molecule has 0 spiro atoms. The molecular weight excluding hydrogens is 404 g/mol. The lowest BCUT2D eigenvalue weighted by Crippen LogP contribution is -2.37. The van der Waals surface area contributed by atoms with Crippen LogP contribution in [0.15, 0.2) is 48.5 Å². The number of para-hydroxylation sites is 1. The lowest BCUT2D eigenvalue weighted by atomic mass is 10.1. The molecule has 0 bridgehead atoms. The summed E-state index contributed by atoms with van der Waals surface area (Å²) in [5.74, 6) is -0.0449. The average Bonchev–Trinajstić information content (AvgIpc) is 3.41. The summed E-state index contributed by atoms with van der Waals surface area (Å²) in [7, 11) is 0. The van der Waals surface area contributed by atoms with Gasteiger partial charge in [0.15, 0.2) is 0 Å². The van der Waals surface area contributed by atoms with E-state index in [0.717, 1.165) is 43.1 Å². The Kier molecular flexibility index (Phi) is 6.22. The van der Waals surface area contributed by atoms with Crippen LogP contribution in [0.5, 0.6) is 0 Å². The SMILES string of the molecule is CCn1c(CC[C@@H]2CCCN2C(=O)Cc2ccccc2[N+](=O)[O-])cc2ccc(C#N)cc21. The third-order valence-corrected chi connectivity index (χ3v) is 6.40. The standard InChI is InChI=1S/C25H26N4O3/c1-2-27-22(15-20-10-9-18(17-26)14-24(20)27)12-11-21-7-5-13-28(21)25(30)16-19-6-3-4-8-23(19)29(31)32/h3-4,6,8-10,14-15,21H,2,5,7,11-13,16H2,1H3/t21-/m0/s1. The first kappa shape index (κ1) is 21.6. The van der Waals surface area contributed by atoms with Crippen LogP contribution in [0.1, 0.15) is 43.0 Å². The number of nitro groups is 1. The fraction of sp³-hybridized carbons (Fsp3) is 0.360. The molecule has 1 fully saturated rings. The van der Waals surface area contributed by atoms with Gasteiger partial charge in [0.2, 0.25) is 5.91 Å². The number of nitrogens with zero attached hydrogens (tertiary/aromatic N) is 4. The second-order valence-corrected chi connectivity index (χ2v) is 8.25. The number of fused-ring (bicyclic) bond motifs is 1. The first-order valence-electron chi connectivity index (χ1n) is 11.1. The van der Waals surface area contributed by atoms with Crippen LogP contribution in [0.2, 0.25) is 0 Å². The maximum atomic E-state index is 13.0. The zero-order valence-corrected chi connectivity index (χ0v) is 18.2. The van der Waals surface area contributed by atoms with Crippen LogP contribution in [0, 0.1) is 21.4 Å². The third-order valence-electron chi connectivity index (χ3n) is 6.40. The number of rotatable bonds is 7. The quantitative estimate of drug-likeness (QED) is 0.404. The maximum Gasteiger partial charge on any atom is 0.273 e. The molecule has 2 aromatic carbocycles. The lowest BCUT2D eigenvalue weighted by Gasteiger charge is -2.25. The molecule has 4 rings (SSSR count). The number of aromatic nitrogens is 1. The monoisotopic (exact) mass is 430 g/mol. The molecule has 1 amide bonds. The second kappa shape index (κ2) is 9.23. The van der Waals surface area contributed by atoms with Crippen molar-refractivity contribution in [2.75, 3.05) is 6.54 Å². The molecule has 1 atom stereocenters. The van der Waals surface area contributed by atoms with Crippen molar-refractivity contribution in [3.05, 3.63) is 75.5 Å². The van der Waals surface area contributed by atoms with Gasteiger partial charge in [-0.2, -0.15) is 5.26 Å². The molecular formula is C25H26N4O3. The number of likely N-dealkylation sites (tertiary alicyclic amines) is 1. The van der Waals surface area contributed by atoms with Crippen LogP contribution in [-0.2, 0) is 24.2 Å². The Labute approximate surface area is 187 Å². The summed E-state index contributed by atoms with van der Waals surface area (Å²) in [6, 6.07) is 16.8. The molecule has 1 aromatic heterocycles. The van der Waals surface area contributed by atoms with Gasteiger partial charge in [-0.05, 0) is 56.2 Å². The van der Waals surface area contributed by atoms with Crippen LogP contribution in [0.3, 0.4) is 0 Å². The molecule has 1 saturated heterocycles. The Morgan fingerprint density at radius 3 is 2.81 bits per heavy atom. The number of nitro benzene ring substituents is 1. The molecule has 32 heavy (non-hydrogen) atoms. The summed E-state index contributed by atoms with van der Waals surface area (Å²) in [6.07, 6.45) is 3.65. The van der Waals surface area contributed by atoms with E-state index in [0.29, 0.717) is 17.7 Å². The van der Waals surface area contributed by atoms with E-state index in [1.807, 2.05) is 23.1 Å². The zero-order valence-electron chi connectivity index (χ0n) is 18.2. The minimum absolute atomic E-state index is 0.000739. The fourth-order valence-electron chi connectivity index (χ4n) is 4.84. The first-order valence-corrected chi connectivity index (χ1v) is 11.1. The van der Waals surface area contributed by atoms with Crippen molar-refractivity contribution in [2.24, 2.45) is 0 Å². The lowest BCUT2D eigenvalue weighted by molar-refractivity contribution is -0.385. The van der Waals surface area contributed by atoms with Crippen LogP contribution in [-0.4, -0.2) is 32.9 Å². The number of carbonyl (C=O) groups is 1. The van der Waals surface area contributed by atoms with Crippen molar-refractivity contribution >= 4 is 22.5 Å². The molecule has 0 radical (unpaired) electrons. The van der Waals surface area contributed by atoms with Crippen LogP contribution < -0.4 is 0 Å². The van der Waals surface area contributed by atoms with Crippen molar-refractivity contribution < 1.29 is 9.72 Å². The number of hydrogen-bond donors (Lipinski definition) is 0. The van der Waals surface area contributed by atoms with Gasteiger partial charge in [0, 0.05) is 42.0 Å². The van der Waals surface area contributed by atoms with Crippen molar-refractivity contribution in [3.63, 3.8) is 0 Å². The molecule has 164 valence electrons. The Morgan fingerprint density at radius 2 is 2.06 bits per heavy atom. The van der Waals surface area contributed by atoms with E-state index >= 15 is 0 Å². The first-order chi connectivity index (χ1) is 15.5. The number of nitriles is 1. The van der Waals surface area contributed by atoms with Crippen LogP contribution in [0.25, 0.3) is 10.9 Å². The largest absolute Gasteiger partial charge is 0.345 e. The van der Waals surface area contributed by atoms with Gasteiger partial charge in [-0.3, -0.25) is 14.9 Å². The number of amides is 1. The molecule has 0 unspecified atom stereocenters. The highest BCUT2D eigenvalue weighted by atomic mass is 16.6. The second-order valence-electron chi connectivity index (χ2n) is 8.25. The molecule has 1 aliphatic heterocycles. The molecule has 2 heterocycles. The van der Waals surface area contributed by atoms with Crippen molar-refractivity contribution in [1.82, 2.24) is 9.47 Å². The normalized spacial score (nSPS) is 15.8. The minimum atomic E-state index is -0.425. The van der Waals surface area contributed by atoms with Gasteiger partial charge in [0.1, 0.15) is 0 Å². The molecule has 3 aromatic rings. The van der Waals surface area contributed by atoms with Gasteiger partial charge >= 0.3 is 0 Å². The third kappa shape index (κ3) is 4.22. The Balaban J connectivity index is 1.48. The molecule has 0 saturated carbocycles. The predicted octanol–water partition coefficient (Wildman–Crippen LogP) is 4.61. The predicted molar refractivity (Wildman–Crippen MR) is 122 cm³/mol. The minimum Gasteiger partial charge on any atom is -0.345 e. The summed E-state index contributed by atoms with van der Waals surface area (Å²) >= 11 is 0. The van der Waals surface area contributed by atoms with Crippen molar-refractivity contribution in [2.45, 2.75) is 51.6 Å². The van der Waals surface area contributed by atoms with E-state index in [4.69, 9.17) is 0 Å². The fourth-order valence-corrected chi connectivity index (χ4v) is 4.84. The van der Waals surface area contributed by atoms with E-state index in [-0.39, 0.29) is 24.1 Å². The molecule has 0 aliphatic carbocycles. The van der Waals surface area contributed by atoms with Gasteiger partial charge in [0.05, 0.1) is 23.0 Å². The number of carbonyl (C=O) groups excluding carboxylic acids is 1. The van der Waals surface area contributed by atoms with E-state index < -0.39 is 4.92 Å². The number of hydrogen-bond acceptors (Lipinski definition) is 4. The zero-order chi connectivity index (χ0) is 22.7. The van der Waals surface area contributed by atoms with Gasteiger partial charge < -0.3 is 9.47 Å². The van der Waals surface area contributed by atoms with Gasteiger partial charge in [0.25, 0.3) is 5.69 Å². The van der Waals surface area contributed by atoms with Crippen LogP contribution >= 0.6 is 0 Å². The number of aryl methyl sites for hydroxylation is 2.